The molecule has 94 valence electrons. The lowest BCUT2D eigenvalue weighted by molar-refractivity contribution is -0.129. The summed E-state index contributed by atoms with van der Waals surface area (Å²) < 4.78 is 6.10. The summed E-state index contributed by atoms with van der Waals surface area (Å²) in [6, 6.07) is 9.42. The van der Waals surface area contributed by atoms with Crippen LogP contribution < -0.4 is 0 Å². The summed E-state index contributed by atoms with van der Waals surface area (Å²) in [7, 11) is 0. The van der Waals surface area contributed by atoms with Gasteiger partial charge in [-0.05, 0) is 46.7 Å². The summed E-state index contributed by atoms with van der Waals surface area (Å²) in [6.45, 7) is 0. The first-order chi connectivity index (χ1) is 9.22. The van der Waals surface area contributed by atoms with Gasteiger partial charge in [-0.2, -0.15) is 11.3 Å². The number of ether oxygens (including phenoxy) is 1. The molecule has 1 aromatic heterocycles. The van der Waals surface area contributed by atoms with Crippen molar-refractivity contribution < 1.29 is 9.53 Å². The van der Waals surface area contributed by atoms with E-state index in [1.807, 2.05) is 41.1 Å². The van der Waals surface area contributed by atoms with Crippen LogP contribution in [0.3, 0.4) is 0 Å². The number of nitrogens with zero attached hydrogens (tertiary/aromatic N) is 1. The van der Waals surface area contributed by atoms with Gasteiger partial charge in [-0.3, -0.25) is 0 Å². The van der Waals surface area contributed by atoms with Gasteiger partial charge in [0.15, 0.2) is 5.70 Å². The third kappa shape index (κ3) is 2.67. The van der Waals surface area contributed by atoms with Crippen LogP contribution in [0.5, 0.6) is 0 Å². The summed E-state index contributed by atoms with van der Waals surface area (Å²) >= 11 is 4.95. The Bertz CT molecular complexity index is 689. The molecule has 0 aliphatic carbocycles. The summed E-state index contributed by atoms with van der Waals surface area (Å²) in [5, 5.41) is 3.90. The van der Waals surface area contributed by atoms with E-state index in [0.717, 1.165) is 15.6 Å². The van der Waals surface area contributed by atoms with Crippen LogP contribution in [0, 0.1) is 0 Å². The highest BCUT2D eigenvalue weighted by Crippen LogP contribution is 2.21. The summed E-state index contributed by atoms with van der Waals surface area (Å²) in [5.74, 6) is -0.0750. The predicted octanol–water partition coefficient (Wildman–Crippen LogP) is 3.86. The Balaban J connectivity index is 1.95. The second-order valence-electron chi connectivity index (χ2n) is 3.90. The number of halogens is 1. The maximum absolute atomic E-state index is 11.8. The van der Waals surface area contributed by atoms with Crippen molar-refractivity contribution in [3.05, 3.63) is 62.4 Å². The Morgan fingerprint density at radius 1 is 1.32 bits per heavy atom. The lowest BCUT2D eigenvalue weighted by Gasteiger charge is -1.99. The van der Waals surface area contributed by atoms with Gasteiger partial charge in [0.2, 0.25) is 5.90 Å². The molecule has 2 aromatic rings. The van der Waals surface area contributed by atoms with Gasteiger partial charge in [0.1, 0.15) is 0 Å². The Hall–Kier alpha value is -1.72. The molecular weight excluding hydrogens is 326 g/mol. The SMILES string of the molecule is O=C1OC(c2cccc(Br)c2)=N/C1=C/c1ccsc1. The van der Waals surface area contributed by atoms with Gasteiger partial charge in [0.25, 0.3) is 0 Å². The van der Waals surface area contributed by atoms with Crippen LogP contribution in [0.1, 0.15) is 11.1 Å². The summed E-state index contributed by atoms with van der Waals surface area (Å²) in [4.78, 5) is 16.0. The topological polar surface area (TPSA) is 38.7 Å². The molecule has 0 unspecified atom stereocenters. The monoisotopic (exact) mass is 333 g/mol. The number of carbonyl (C=O) groups excluding carboxylic acids is 1. The molecule has 0 amide bonds. The number of benzene rings is 1. The first-order valence-electron chi connectivity index (χ1n) is 5.53. The molecule has 1 aliphatic heterocycles. The highest BCUT2D eigenvalue weighted by atomic mass is 79.9. The zero-order chi connectivity index (χ0) is 13.2. The number of carbonyl (C=O) groups is 1. The number of thiophene rings is 1. The van der Waals surface area contributed by atoms with Gasteiger partial charge in [-0.1, -0.05) is 22.0 Å². The van der Waals surface area contributed by atoms with Crippen molar-refractivity contribution in [2.24, 2.45) is 4.99 Å². The quantitative estimate of drug-likeness (QED) is 0.618. The maximum Gasteiger partial charge on any atom is 0.363 e. The third-order valence-electron chi connectivity index (χ3n) is 2.54. The largest absolute Gasteiger partial charge is 0.402 e. The van der Waals surface area contributed by atoms with Crippen LogP contribution in [0.4, 0.5) is 0 Å². The molecule has 5 heteroatoms. The number of rotatable bonds is 2. The van der Waals surface area contributed by atoms with Crippen molar-refractivity contribution in [2.45, 2.75) is 0 Å². The molecule has 0 spiro atoms. The Labute approximate surface area is 122 Å². The predicted molar refractivity (Wildman–Crippen MR) is 79.1 cm³/mol. The molecule has 0 N–H and O–H groups in total. The van der Waals surface area contributed by atoms with Crippen LogP contribution in [-0.4, -0.2) is 11.9 Å². The zero-order valence-corrected chi connectivity index (χ0v) is 12.1. The second kappa shape index (κ2) is 5.11. The Morgan fingerprint density at radius 3 is 2.95 bits per heavy atom. The van der Waals surface area contributed by atoms with Crippen molar-refractivity contribution in [3.63, 3.8) is 0 Å². The smallest absolute Gasteiger partial charge is 0.363 e. The van der Waals surface area contributed by atoms with Gasteiger partial charge < -0.3 is 4.74 Å². The fourth-order valence-corrected chi connectivity index (χ4v) is 2.69. The van der Waals surface area contributed by atoms with Gasteiger partial charge >= 0.3 is 5.97 Å². The van der Waals surface area contributed by atoms with E-state index in [1.165, 1.54) is 0 Å². The fourth-order valence-electron chi connectivity index (χ4n) is 1.67. The lowest BCUT2D eigenvalue weighted by Crippen LogP contribution is -2.05. The molecule has 1 aromatic carbocycles. The van der Waals surface area contributed by atoms with E-state index in [2.05, 4.69) is 20.9 Å². The van der Waals surface area contributed by atoms with Crippen molar-refractivity contribution in [1.82, 2.24) is 0 Å². The minimum absolute atomic E-state index is 0.327. The number of cyclic esters (lactones) is 1. The molecule has 3 nitrogen and oxygen atoms in total. The average molecular weight is 334 g/mol. The number of aliphatic imine (C=N–C) groups is 1. The molecule has 3 rings (SSSR count). The molecule has 2 heterocycles. The van der Waals surface area contributed by atoms with E-state index >= 15 is 0 Å². The molecular formula is C14H8BrNO2S. The molecule has 0 saturated carbocycles. The molecule has 0 radical (unpaired) electrons. The van der Waals surface area contributed by atoms with Crippen molar-refractivity contribution >= 4 is 45.2 Å². The summed E-state index contributed by atoms with van der Waals surface area (Å²) in [5.41, 5.74) is 2.06. The lowest BCUT2D eigenvalue weighted by atomic mass is 10.2. The molecule has 0 fully saturated rings. The van der Waals surface area contributed by atoms with Crippen molar-refractivity contribution in [2.75, 3.05) is 0 Å². The van der Waals surface area contributed by atoms with E-state index in [0.29, 0.717) is 11.6 Å². The molecule has 1 aliphatic rings. The minimum Gasteiger partial charge on any atom is -0.402 e. The number of hydrogen-bond acceptors (Lipinski definition) is 4. The van der Waals surface area contributed by atoms with Gasteiger partial charge in [0, 0.05) is 10.0 Å². The van der Waals surface area contributed by atoms with Crippen LogP contribution in [0.15, 0.2) is 56.3 Å². The number of esters is 1. The van der Waals surface area contributed by atoms with Crippen LogP contribution in [0.25, 0.3) is 6.08 Å². The Kier molecular flexibility index (Phi) is 3.31. The molecule has 0 saturated heterocycles. The fraction of sp³-hybridized carbons (Fsp3) is 0. The zero-order valence-electron chi connectivity index (χ0n) is 9.67. The second-order valence-corrected chi connectivity index (χ2v) is 5.60. The third-order valence-corrected chi connectivity index (χ3v) is 3.73. The summed E-state index contributed by atoms with van der Waals surface area (Å²) in [6.07, 6.45) is 1.73. The van der Waals surface area contributed by atoms with Crippen LogP contribution in [-0.2, 0) is 9.53 Å². The standard InChI is InChI=1S/C14H8BrNO2S/c15-11-3-1-2-10(7-11)13-16-12(14(17)18-13)6-9-4-5-19-8-9/h1-8H/b12-6+. The van der Waals surface area contributed by atoms with Gasteiger partial charge in [-0.25, -0.2) is 9.79 Å². The highest BCUT2D eigenvalue weighted by molar-refractivity contribution is 9.10. The van der Waals surface area contributed by atoms with E-state index in [1.54, 1.807) is 17.4 Å². The maximum atomic E-state index is 11.8. The Morgan fingerprint density at radius 2 is 2.21 bits per heavy atom. The molecule has 19 heavy (non-hydrogen) atoms. The van der Waals surface area contributed by atoms with E-state index in [9.17, 15) is 4.79 Å². The van der Waals surface area contributed by atoms with Crippen molar-refractivity contribution in [1.29, 1.82) is 0 Å². The van der Waals surface area contributed by atoms with Crippen LogP contribution in [0.2, 0.25) is 0 Å². The normalized spacial score (nSPS) is 16.6. The number of hydrogen-bond donors (Lipinski definition) is 0. The van der Waals surface area contributed by atoms with E-state index in [4.69, 9.17) is 4.74 Å². The van der Waals surface area contributed by atoms with Crippen LogP contribution >= 0.6 is 27.3 Å². The first kappa shape index (κ1) is 12.3. The molecule has 0 atom stereocenters. The van der Waals surface area contributed by atoms with E-state index in [-0.39, 0.29) is 0 Å². The van der Waals surface area contributed by atoms with Crippen molar-refractivity contribution in [3.8, 4) is 0 Å². The highest BCUT2D eigenvalue weighted by Gasteiger charge is 2.24. The van der Waals surface area contributed by atoms with Gasteiger partial charge in [0.05, 0.1) is 0 Å². The van der Waals surface area contributed by atoms with E-state index < -0.39 is 5.97 Å². The minimum atomic E-state index is -0.416. The average Bonchev–Trinajstić information content (AvgIpc) is 3.01. The first-order valence-corrected chi connectivity index (χ1v) is 7.27. The van der Waals surface area contributed by atoms with Gasteiger partial charge in [-0.15, -0.1) is 0 Å². The molecule has 0 bridgehead atoms.